The molecule has 1 rings (SSSR count). The molecule has 0 aliphatic carbocycles. The standard InChI is InChI=1S/C13H17ClO2/c1-13(2,3)12(15)9-16-11-6-4-10(8-14)5-7-11/h4-7H,8-9H2,1-3H3. The molecule has 0 aromatic heterocycles. The van der Waals surface area contributed by atoms with Gasteiger partial charge in [-0.05, 0) is 17.7 Å². The van der Waals surface area contributed by atoms with Gasteiger partial charge in [-0.1, -0.05) is 32.9 Å². The molecule has 0 atom stereocenters. The number of hydrogen-bond acceptors (Lipinski definition) is 2. The number of hydrogen-bond donors (Lipinski definition) is 0. The van der Waals surface area contributed by atoms with Gasteiger partial charge in [0.2, 0.25) is 0 Å². The van der Waals surface area contributed by atoms with Crippen molar-refractivity contribution >= 4 is 17.4 Å². The quantitative estimate of drug-likeness (QED) is 0.754. The van der Waals surface area contributed by atoms with Gasteiger partial charge in [0, 0.05) is 11.3 Å². The first kappa shape index (κ1) is 13.0. The maximum absolute atomic E-state index is 11.6. The zero-order chi connectivity index (χ0) is 12.2. The van der Waals surface area contributed by atoms with Crippen LogP contribution in [0.4, 0.5) is 0 Å². The molecule has 0 heterocycles. The lowest BCUT2D eigenvalue weighted by Crippen LogP contribution is -2.26. The van der Waals surface area contributed by atoms with E-state index in [4.69, 9.17) is 16.3 Å². The van der Waals surface area contributed by atoms with Crippen molar-refractivity contribution in [3.05, 3.63) is 29.8 Å². The fraction of sp³-hybridized carbons (Fsp3) is 0.462. The summed E-state index contributed by atoms with van der Waals surface area (Å²) < 4.78 is 5.40. The molecular weight excluding hydrogens is 224 g/mol. The number of ether oxygens (including phenoxy) is 1. The van der Waals surface area contributed by atoms with Crippen molar-refractivity contribution < 1.29 is 9.53 Å². The average molecular weight is 241 g/mol. The average Bonchev–Trinajstić information content (AvgIpc) is 2.25. The molecule has 1 aromatic carbocycles. The van der Waals surface area contributed by atoms with Gasteiger partial charge in [0.15, 0.2) is 5.78 Å². The SMILES string of the molecule is CC(C)(C)C(=O)COc1ccc(CCl)cc1. The van der Waals surface area contributed by atoms with E-state index in [0.717, 1.165) is 5.56 Å². The van der Waals surface area contributed by atoms with Crippen LogP contribution in [0.3, 0.4) is 0 Å². The zero-order valence-electron chi connectivity index (χ0n) is 9.92. The van der Waals surface area contributed by atoms with Gasteiger partial charge in [-0.15, -0.1) is 11.6 Å². The first-order valence-corrected chi connectivity index (χ1v) is 5.78. The fourth-order valence-electron chi connectivity index (χ4n) is 1.04. The van der Waals surface area contributed by atoms with E-state index in [1.54, 1.807) is 0 Å². The summed E-state index contributed by atoms with van der Waals surface area (Å²) in [6.45, 7) is 5.77. The van der Waals surface area contributed by atoms with Crippen LogP contribution >= 0.6 is 11.6 Å². The highest BCUT2D eigenvalue weighted by Gasteiger charge is 2.21. The predicted octanol–water partition coefficient (Wildman–Crippen LogP) is 3.42. The summed E-state index contributed by atoms with van der Waals surface area (Å²) >= 11 is 5.67. The molecule has 0 saturated carbocycles. The minimum absolute atomic E-state index is 0.0916. The first-order valence-electron chi connectivity index (χ1n) is 5.24. The second kappa shape index (κ2) is 5.35. The number of rotatable bonds is 4. The molecule has 0 unspecified atom stereocenters. The normalized spacial score (nSPS) is 11.2. The smallest absolute Gasteiger partial charge is 0.175 e. The highest BCUT2D eigenvalue weighted by atomic mass is 35.5. The van der Waals surface area contributed by atoms with E-state index in [2.05, 4.69) is 0 Å². The summed E-state index contributed by atoms with van der Waals surface area (Å²) in [6, 6.07) is 7.44. The van der Waals surface area contributed by atoms with Gasteiger partial charge in [0.25, 0.3) is 0 Å². The summed E-state index contributed by atoms with van der Waals surface area (Å²) in [5.41, 5.74) is 0.687. The molecule has 3 heteroatoms. The van der Waals surface area contributed by atoms with Crippen LogP contribution in [0.2, 0.25) is 0 Å². The molecule has 16 heavy (non-hydrogen) atoms. The third-order valence-electron chi connectivity index (χ3n) is 2.28. The van der Waals surface area contributed by atoms with Crippen molar-refractivity contribution in [2.24, 2.45) is 5.41 Å². The lowest BCUT2D eigenvalue weighted by atomic mass is 9.91. The van der Waals surface area contributed by atoms with Crippen molar-refractivity contribution in [2.45, 2.75) is 26.7 Å². The Labute approximate surface area is 102 Å². The number of ketones is 1. The number of Topliss-reactive ketones (excluding diaryl/α,β-unsaturated/α-hetero) is 1. The van der Waals surface area contributed by atoms with Gasteiger partial charge in [-0.2, -0.15) is 0 Å². The minimum atomic E-state index is -0.351. The largest absolute Gasteiger partial charge is 0.486 e. The van der Waals surface area contributed by atoms with Gasteiger partial charge >= 0.3 is 0 Å². The lowest BCUT2D eigenvalue weighted by molar-refractivity contribution is -0.128. The molecule has 0 N–H and O–H groups in total. The van der Waals surface area contributed by atoms with Crippen molar-refractivity contribution in [1.82, 2.24) is 0 Å². The Bertz CT molecular complexity index is 349. The highest BCUT2D eigenvalue weighted by Crippen LogP contribution is 2.17. The van der Waals surface area contributed by atoms with E-state index in [9.17, 15) is 4.79 Å². The van der Waals surface area contributed by atoms with E-state index >= 15 is 0 Å². The Morgan fingerprint density at radius 1 is 1.25 bits per heavy atom. The molecule has 0 saturated heterocycles. The van der Waals surface area contributed by atoms with Crippen molar-refractivity contribution in [3.63, 3.8) is 0 Å². The van der Waals surface area contributed by atoms with Gasteiger partial charge in [0.1, 0.15) is 12.4 Å². The summed E-state index contributed by atoms with van der Waals surface area (Å²) in [5.74, 6) is 1.28. The Kier molecular flexibility index (Phi) is 4.36. The van der Waals surface area contributed by atoms with Gasteiger partial charge in [0.05, 0.1) is 0 Å². The van der Waals surface area contributed by atoms with Gasteiger partial charge in [-0.3, -0.25) is 4.79 Å². The molecule has 0 amide bonds. The molecule has 0 bridgehead atoms. The zero-order valence-corrected chi connectivity index (χ0v) is 10.7. The Balaban J connectivity index is 2.52. The number of carbonyl (C=O) groups excluding carboxylic acids is 1. The predicted molar refractivity (Wildman–Crippen MR) is 66.0 cm³/mol. The maximum Gasteiger partial charge on any atom is 0.175 e. The summed E-state index contributed by atoms with van der Waals surface area (Å²) in [4.78, 5) is 11.6. The molecule has 0 aliphatic heterocycles. The number of halogens is 1. The van der Waals surface area contributed by atoms with Crippen LogP contribution in [-0.4, -0.2) is 12.4 Å². The van der Waals surface area contributed by atoms with Crippen LogP contribution in [0, 0.1) is 5.41 Å². The van der Waals surface area contributed by atoms with Crippen LogP contribution in [0.5, 0.6) is 5.75 Å². The monoisotopic (exact) mass is 240 g/mol. The molecule has 0 aliphatic rings. The Morgan fingerprint density at radius 2 is 1.81 bits per heavy atom. The van der Waals surface area contributed by atoms with E-state index in [0.29, 0.717) is 11.6 Å². The van der Waals surface area contributed by atoms with Crippen LogP contribution in [0.25, 0.3) is 0 Å². The number of carbonyl (C=O) groups is 1. The van der Waals surface area contributed by atoms with E-state index in [1.807, 2.05) is 45.0 Å². The van der Waals surface area contributed by atoms with Crippen molar-refractivity contribution in [1.29, 1.82) is 0 Å². The molecule has 0 fully saturated rings. The topological polar surface area (TPSA) is 26.3 Å². The Hall–Kier alpha value is -1.02. The summed E-state index contributed by atoms with van der Waals surface area (Å²) in [7, 11) is 0. The fourth-order valence-corrected chi connectivity index (χ4v) is 1.22. The number of alkyl halides is 1. The minimum Gasteiger partial charge on any atom is -0.486 e. The number of benzene rings is 1. The van der Waals surface area contributed by atoms with Crippen LogP contribution < -0.4 is 4.74 Å². The molecule has 2 nitrogen and oxygen atoms in total. The summed E-state index contributed by atoms with van der Waals surface area (Å²) in [5, 5.41) is 0. The molecule has 0 radical (unpaired) electrons. The molecule has 0 spiro atoms. The van der Waals surface area contributed by atoms with Gasteiger partial charge < -0.3 is 4.74 Å². The van der Waals surface area contributed by atoms with Crippen molar-refractivity contribution in [3.8, 4) is 5.75 Å². The van der Waals surface area contributed by atoms with Crippen molar-refractivity contribution in [2.75, 3.05) is 6.61 Å². The van der Waals surface area contributed by atoms with Crippen LogP contribution in [0.1, 0.15) is 26.3 Å². The maximum atomic E-state index is 11.6. The van der Waals surface area contributed by atoms with Crippen LogP contribution in [0.15, 0.2) is 24.3 Å². The first-order chi connectivity index (χ1) is 7.43. The van der Waals surface area contributed by atoms with Gasteiger partial charge in [-0.25, -0.2) is 0 Å². The van der Waals surface area contributed by atoms with E-state index in [-0.39, 0.29) is 17.8 Å². The molecule has 1 aromatic rings. The summed E-state index contributed by atoms with van der Waals surface area (Å²) in [6.07, 6.45) is 0. The van der Waals surface area contributed by atoms with E-state index in [1.165, 1.54) is 0 Å². The highest BCUT2D eigenvalue weighted by molar-refractivity contribution is 6.17. The third kappa shape index (κ3) is 3.86. The second-order valence-corrected chi connectivity index (χ2v) is 5.01. The molecule has 88 valence electrons. The molecular formula is C13H17ClO2. The third-order valence-corrected chi connectivity index (χ3v) is 2.59. The second-order valence-electron chi connectivity index (χ2n) is 4.74. The van der Waals surface area contributed by atoms with E-state index < -0.39 is 0 Å². The van der Waals surface area contributed by atoms with Crippen LogP contribution in [-0.2, 0) is 10.7 Å². The Morgan fingerprint density at radius 3 is 2.25 bits per heavy atom. The lowest BCUT2D eigenvalue weighted by Gasteiger charge is -2.16.